The molecule has 0 bridgehead atoms. The van der Waals surface area contributed by atoms with Gasteiger partial charge in [-0.15, -0.1) is 0 Å². The van der Waals surface area contributed by atoms with E-state index in [9.17, 15) is 4.39 Å². The number of rotatable bonds is 2. The van der Waals surface area contributed by atoms with E-state index >= 15 is 0 Å². The first-order valence-electron chi connectivity index (χ1n) is 7.17. The highest BCUT2D eigenvalue weighted by atomic mass is 19.1. The SMILES string of the molecule is NC1CCN(c2ncnc3c2cnn3-c2ccc(F)cc2)C1. The number of anilines is 1. The summed E-state index contributed by atoms with van der Waals surface area (Å²) >= 11 is 0. The first-order valence-corrected chi connectivity index (χ1v) is 7.17. The lowest BCUT2D eigenvalue weighted by Crippen LogP contribution is -2.27. The van der Waals surface area contributed by atoms with Crippen LogP contribution in [0.15, 0.2) is 36.8 Å². The molecule has 22 heavy (non-hydrogen) atoms. The van der Waals surface area contributed by atoms with Gasteiger partial charge in [-0.05, 0) is 30.7 Å². The topological polar surface area (TPSA) is 72.9 Å². The first-order chi connectivity index (χ1) is 10.7. The minimum absolute atomic E-state index is 0.178. The fourth-order valence-corrected chi connectivity index (χ4v) is 2.83. The Kier molecular flexibility index (Phi) is 3.00. The Morgan fingerprint density at radius 3 is 2.73 bits per heavy atom. The molecule has 0 saturated carbocycles. The summed E-state index contributed by atoms with van der Waals surface area (Å²) in [6, 6.07) is 6.34. The maximum Gasteiger partial charge on any atom is 0.168 e. The maximum atomic E-state index is 13.1. The summed E-state index contributed by atoms with van der Waals surface area (Å²) in [6.45, 7) is 1.67. The van der Waals surface area contributed by atoms with Gasteiger partial charge in [-0.3, -0.25) is 0 Å². The molecule has 1 atom stereocenters. The molecule has 2 aromatic heterocycles. The van der Waals surface area contributed by atoms with Gasteiger partial charge in [0.05, 0.1) is 17.3 Å². The largest absolute Gasteiger partial charge is 0.354 e. The second kappa shape index (κ2) is 5.03. The van der Waals surface area contributed by atoms with Gasteiger partial charge in [-0.2, -0.15) is 5.10 Å². The quantitative estimate of drug-likeness (QED) is 0.776. The van der Waals surface area contributed by atoms with Crippen molar-refractivity contribution in [1.82, 2.24) is 19.7 Å². The van der Waals surface area contributed by atoms with Gasteiger partial charge in [-0.1, -0.05) is 0 Å². The second-order valence-corrected chi connectivity index (χ2v) is 5.46. The second-order valence-electron chi connectivity index (χ2n) is 5.46. The Balaban J connectivity index is 1.81. The standard InChI is InChI=1S/C15H15FN6/c16-10-1-3-12(4-2-10)22-15-13(7-20-22)14(18-9-19-15)21-6-5-11(17)8-21/h1-4,7,9,11H,5-6,8,17H2. The van der Waals surface area contributed by atoms with E-state index in [0.29, 0.717) is 5.65 Å². The average Bonchev–Trinajstić information content (AvgIpc) is 3.14. The summed E-state index contributed by atoms with van der Waals surface area (Å²) in [5.41, 5.74) is 7.44. The van der Waals surface area contributed by atoms with E-state index in [4.69, 9.17) is 5.73 Å². The first kappa shape index (κ1) is 13.1. The molecule has 0 spiro atoms. The number of aromatic nitrogens is 4. The molecule has 1 aliphatic heterocycles. The van der Waals surface area contributed by atoms with Gasteiger partial charge in [0.1, 0.15) is 18.0 Å². The molecule has 2 N–H and O–H groups in total. The lowest BCUT2D eigenvalue weighted by Gasteiger charge is -2.17. The van der Waals surface area contributed by atoms with E-state index in [2.05, 4.69) is 20.0 Å². The van der Waals surface area contributed by atoms with Gasteiger partial charge < -0.3 is 10.6 Å². The number of benzene rings is 1. The molecule has 6 nitrogen and oxygen atoms in total. The summed E-state index contributed by atoms with van der Waals surface area (Å²) in [7, 11) is 0. The molecule has 3 heterocycles. The molecule has 0 aliphatic carbocycles. The van der Waals surface area contributed by atoms with Crippen LogP contribution in [0.5, 0.6) is 0 Å². The molecular weight excluding hydrogens is 283 g/mol. The summed E-state index contributed by atoms with van der Waals surface area (Å²) in [5.74, 6) is 0.577. The number of hydrogen-bond donors (Lipinski definition) is 1. The minimum atomic E-state index is -0.276. The van der Waals surface area contributed by atoms with Gasteiger partial charge in [0, 0.05) is 19.1 Å². The van der Waals surface area contributed by atoms with E-state index in [1.807, 2.05) is 0 Å². The van der Waals surface area contributed by atoms with E-state index < -0.39 is 0 Å². The molecular formula is C15H15FN6. The van der Waals surface area contributed by atoms with Crippen molar-refractivity contribution in [3.63, 3.8) is 0 Å². The number of nitrogens with zero attached hydrogens (tertiary/aromatic N) is 5. The molecule has 0 amide bonds. The Morgan fingerprint density at radius 2 is 2.00 bits per heavy atom. The van der Waals surface area contributed by atoms with E-state index in [1.54, 1.807) is 23.0 Å². The number of nitrogens with two attached hydrogens (primary N) is 1. The highest BCUT2D eigenvalue weighted by molar-refractivity contribution is 5.87. The lowest BCUT2D eigenvalue weighted by atomic mass is 10.3. The highest BCUT2D eigenvalue weighted by Gasteiger charge is 2.23. The van der Waals surface area contributed by atoms with Crippen LogP contribution in [0.2, 0.25) is 0 Å². The molecule has 112 valence electrons. The van der Waals surface area contributed by atoms with Crippen molar-refractivity contribution in [2.24, 2.45) is 5.73 Å². The van der Waals surface area contributed by atoms with Gasteiger partial charge in [0.2, 0.25) is 0 Å². The van der Waals surface area contributed by atoms with Crippen molar-refractivity contribution >= 4 is 16.9 Å². The molecule has 1 unspecified atom stereocenters. The normalized spacial score (nSPS) is 18.3. The zero-order chi connectivity index (χ0) is 15.1. The number of hydrogen-bond acceptors (Lipinski definition) is 5. The van der Waals surface area contributed by atoms with Crippen molar-refractivity contribution in [2.45, 2.75) is 12.5 Å². The zero-order valence-electron chi connectivity index (χ0n) is 11.9. The zero-order valence-corrected chi connectivity index (χ0v) is 11.9. The van der Waals surface area contributed by atoms with Crippen molar-refractivity contribution in [3.8, 4) is 5.69 Å². The third-order valence-electron chi connectivity index (χ3n) is 3.94. The van der Waals surface area contributed by atoms with Crippen LogP contribution in [0.3, 0.4) is 0 Å². The van der Waals surface area contributed by atoms with Crippen LogP contribution in [-0.2, 0) is 0 Å². The van der Waals surface area contributed by atoms with E-state index in [1.165, 1.54) is 18.5 Å². The van der Waals surface area contributed by atoms with Crippen molar-refractivity contribution in [2.75, 3.05) is 18.0 Å². The van der Waals surface area contributed by atoms with Crippen LogP contribution < -0.4 is 10.6 Å². The van der Waals surface area contributed by atoms with Crippen molar-refractivity contribution < 1.29 is 4.39 Å². The summed E-state index contributed by atoms with van der Waals surface area (Å²) < 4.78 is 14.8. The van der Waals surface area contributed by atoms with Crippen LogP contribution in [0, 0.1) is 5.82 Å². The third kappa shape index (κ3) is 2.10. The molecule has 1 aromatic carbocycles. The molecule has 1 fully saturated rings. The lowest BCUT2D eigenvalue weighted by molar-refractivity contribution is 0.627. The van der Waals surface area contributed by atoms with Crippen LogP contribution in [-0.4, -0.2) is 38.9 Å². The van der Waals surface area contributed by atoms with Gasteiger partial charge in [0.25, 0.3) is 0 Å². The fourth-order valence-electron chi connectivity index (χ4n) is 2.83. The van der Waals surface area contributed by atoms with Crippen LogP contribution in [0.4, 0.5) is 10.2 Å². The van der Waals surface area contributed by atoms with E-state index in [-0.39, 0.29) is 11.9 Å². The Morgan fingerprint density at radius 1 is 1.18 bits per heavy atom. The molecule has 1 saturated heterocycles. The van der Waals surface area contributed by atoms with Crippen LogP contribution in [0.1, 0.15) is 6.42 Å². The van der Waals surface area contributed by atoms with Gasteiger partial charge >= 0.3 is 0 Å². The third-order valence-corrected chi connectivity index (χ3v) is 3.94. The van der Waals surface area contributed by atoms with Crippen molar-refractivity contribution in [1.29, 1.82) is 0 Å². The van der Waals surface area contributed by atoms with Gasteiger partial charge in [-0.25, -0.2) is 19.0 Å². The average molecular weight is 298 g/mol. The van der Waals surface area contributed by atoms with Gasteiger partial charge in [0.15, 0.2) is 5.65 Å². The number of halogens is 1. The predicted octanol–water partition coefficient (Wildman–Crippen LogP) is 1.49. The Bertz CT molecular complexity index is 813. The molecule has 1 aliphatic rings. The summed E-state index contributed by atoms with van der Waals surface area (Å²) in [4.78, 5) is 10.9. The van der Waals surface area contributed by atoms with Crippen molar-refractivity contribution in [3.05, 3.63) is 42.6 Å². The minimum Gasteiger partial charge on any atom is -0.354 e. The van der Waals surface area contributed by atoms with Crippen LogP contribution in [0.25, 0.3) is 16.7 Å². The number of fused-ring (bicyclic) bond motifs is 1. The maximum absolute atomic E-state index is 13.1. The summed E-state index contributed by atoms with van der Waals surface area (Å²) in [5, 5.41) is 5.26. The van der Waals surface area contributed by atoms with E-state index in [0.717, 1.165) is 36.4 Å². The molecule has 3 aromatic rings. The molecule has 0 radical (unpaired) electrons. The molecule has 7 heteroatoms. The Hall–Kier alpha value is -2.54. The van der Waals surface area contributed by atoms with Crippen LogP contribution >= 0.6 is 0 Å². The molecule has 4 rings (SSSR count). The monoisotopic (exact) mass is 298 g/mol. The smallest absolute Gasteiger partial charge is 0.168 e. The fraction of sp³-hybridized carbons (Fsp3) is 0.267. The predicted molar refractivity (Wildman–Crippen MR) is 81.4 cm³/mol. The highest BCUT2D eigenvalue weighted by Crippen LogP contribution is 2.26. The summed E-state index contributed by atoms with van der Waals surface area (Å²) in [6.07, 6.45) is 4.23. The Labute approximate surface area is 126 Å².